The normalized spacial score (nSPS) is 10.6. The number of carbonyl (C=O) groups excluding carboxylic acids is 1. The van der Waals surface area contributed by atoms with E-state index in [1.165, 1.54) is 6.08 Å². The van der Waals surface area contributed by atoms with Gasteiger partial charge in [0.1, 0.15) is 12.4 Å². The van der Waals surface area contributed by atoms with Crippen LogP contribution in [0.1, 0.15) is 11.1 Å². The van der Waals surface area contributed by atoms with Gasteiger partial charge in [-0.25, -0.2) is 5.84 Å². The Hall–Kier alpha value is -2.11. The van der Waals surface area contributed by atoms with Crippen LogP contribution in [-0.2, 0) is 11.4 Å². The molecule has 3 N–H and O–H groups in total. The summed E-state index contributed by atoms with van der Waals surface area (Å²) in [4.78, 5) is 11.1. The number of carbonyl (C=O) groups is 1. The molecule has 5 heteroatoms. The molecule has 2 aromatic rings. The fourth-order valence-corrected chi connectivity index (χ4v) is 1.94. The van der Waals surface area contributed by atoms with E-state index < -0.39 is 0 Å². The third-order valence-electron chi connectivity index (χ3n) is 2.75. The molecule has 21 heavy (non-hydrogen) atoms. The monoisotopic (exact) mass is 346 g/mol. The molecule has 0 unspecified atom stereocenters. The lowest BCUT2D eigenvalue weighted by Crippen LogP contribution is -2.27. The Morgan fingerprint density at radius 2 is 2.00 bits per heavy atom. The van der Waals surface area contributed by atoms with Crippen molar-refractivity contribution in [1.29, 1.82) is 0 Å². The molecule has 0 saturated heterocycles. The molecular formula is C16H15BrN2O2. The minimum atomic E-state index is -0.351. The fraction of sp³-hybridized carbons (Fsp3) is 0.0625. The van der Waals surface area contributed by atoms with Gasteiger partial charge in [-0.15, -0.1) is 0 Å². The maximum atomic E-state index is 11.1. The summed E-state index contributed by atoms with van der Waals surface area (Å²) in [5.74, 6) is 5.40. The molecule has 108 valence electrons. The maximum Gasteiger partial charge on any atom is 0.257 e. The first-order chi connectivity index (χ1) is 10.2. The van der Waals surface area contributed by atoms with Crippen molar-refractivity contribution in [2.75, 3.05) is 0 Å². The number of rotatable bonds is 5. The number of ether oxygens (including phenoxy) is 1. The average molecular weight is 347 g/mol. The molecule has 0 aliphatic rings. The number of benzene rings is 2. The topological polar surface area (TPSA) is 64.3 Å². The number of nitrogens with one attached hydrogen (secondary N) is 1. The molecule has 4 nitrogen and oxygen atoms in total. The van der Waals surface area contributed by atoms with Crippen LogP contribution in [0.2, 0.25) is 0 Å². The zero-order chi connectivity index (χ0) is 15.1. The molecule has 0 aliphatic heterocycles. The zero-order valence-electron chi connectivity index (χ0n) is 11.3. The predicted octanol–water partition coefficient (Wildman–Crippen LogP) is 3.03. The summed E-state index contributed by atoms with van der Waals surface area (Å²) in [6.45, 7) is 0.490. The molecule has 0 spiro atoms. The maximum absolute atomic E-state index is 11.1. The number of hydrogen-bond donors (Lipinski definition) is 2. The summed E-state index contributed by atoms with van der Waals surface area (Å²) < 4.78 is 6.77. The van der Waals surface area contributed by atoms with Crippen molar-refractivity contribution in [2.45, 2.75) is 6.61 Å². The van der Waals surface area contributed by atoms with E-state index >= 15 is 0 Å². The van der Waals surface area contributed by atoms with Gasteiger partial charge >= 0.3 is 0 Å². The highest BCUT2D eigenvalue weighted by Crippen LogP contribution is 2.17. The lowest BCUT2D eigenvalue weighted by atomic mass is 10.2. The standard InChI is InChI=1S/C16H15BrN2O2/c17-14-7-4-13(5-8-14)11-21-15-3-1-2-12(10-15)6-9-16(20)19-18/h1-10H,11,18H2,(H,19,20). The van der Waals surface area contributed by atoms with Crippen molar-refractivity contribution in [3.63, 3.8) is 0 Å². The largest absolute Gasteiger partial charge is 0.489 e. The fourth-order valence-electron chi connectivity index (χ4n) is 1.68. The molecule has 0 aliphatic carbocycles. The van der Waals surface area contributed by atoms with Crippen molar-refractivity contribution in [2.24, 2.45) is 5.84 Å². The third kappa shape index (κ3) is 5.06. The van der Waals surface area contributed by atoms with Crippen LogP contribution in [-0.4, -0.2) is 5.91 Å². The highest BCUT2D eigenvalue weighted by Gasteiger charge is 1.98. The Morgan fingerprint density at radius 3 is 2.71 bits per heavy atom. The molecule has 0 radical (unpaired) electrons. The van der Waals surface area contributed by atoms with Crippen LogP contribution in [0.15, 0.2) is 59.1 Å². The summed E-state index contributed by atoms with van der Waals surface area (Å²) in [5, 5.41) is 0. The van der Waals surface area contributed by atoms with Crippen LogP contribution in [0.3, 0.4) is 0 Å². The van der Waals surface area contributed by atoms with Crippen LogP contribution in [0.4, 0.5) is 0 Å². The van der Waals surface area contributed by atoms with Gasteiger partial charge in [0, 0.05) is 10.5 Å². The molecule has 0 bridgehead atoms. The van der Waals surface area contributed by atoms with Gasteiger partial charge in [-0.05, 0) is 41.5 Å². The number of hydrogen-bond acceptors (Lipinski definition) is 3. The van der Waals surface area contributed by atoms with E-state index in [0.29, 0.717) is 6.61 Å². The molecule has 1 amide bonds. The van der Waals surface area contributed by atoms with E-state index in [2.05, 4.69) is 15.9 Å². The minimum Gasteiger partial charge on any atom is -0.489 e. The molecule has 0 fully saturated rings. The first-order valence-electron chi connectivity index (χ1n) is 6.33. The lowest BCUT2D eigenvalue weighted by Gasteiger charge is -2.07. The van der Waals surface area contributed by atoms with Gasteiger partial charge in [-0.3, -0.25) is 10.2 Å². The number of nitrogens with two attached hydrogens (primary N) is 1. The first kappa shape index (κ1) is 15.3. The summed E-state index contributed by atoms with van der Waals surface area (Å²) in [6, 6.07) is 15.4. The van der Waals surface area contributed by atoms with Gasteiger partial charge in [0.05, 0.1) is 0 Å². The van der Waals surface area contributed by atoms with Gasteiger partial charge in [-0.2, -0.15) is 0 Å². The van der Waals surface area contributed by atoms with Crippen molar-refractivity contribution in [3.8, 4) is 5.75 Å². The Labute approximate surface area is 131 Å². The summed E-state index contributed by atoms with van der Waals surface area (Å²) in [6.07, 6.45) is 3.04. The molecule has 0 aromatic heterocycles. The third-order valence-corrected chi connectivity index (χ3v) is 3.27. The predicted molar refractivity (Wildman–Crippen MR) is 86.3 cm³/mol. The Bertz CT molecular complexity index is 639. The van der Waals surface area contributed by atoms with Gasteiger partial charge in [0.2, 0.25) is 0 Å². The molecular weight excluding hydrogens is 332 g/mol. The van der Waals surface area contributed by atoms with Gasteiger partial charge in [0.25, 0.3) is 5.91 Å². The second-order valence-corrected chi connectivity index (χ2v) is 5.25. The van der Waals surface area contributed by atoms with E-state index in [4.69, 9.17) is 10.6 Å². The van der Waals surface area contributed by atoms with Gasteiger partial charge < -0.3 is 4.74 Å². The van der Waals surface area contributed by atoms with E-state index in [9.17, 15) is 4.79 Å². The smallest absolute Gasteiger partial charge is 0.257 e. The Morgan fingerprint density at radius 1 is 1.24 bits per heavy atom. The van der Waals surface area contributed by atoms with Crippen LogP contribution >= 0.6 is 15.9 Å². The minimum absolute atomic E-state index is 0.351. The number of hydrazine groups is 1. The average Bonchev–Trinajstić information content (AvgIpc) is 2.52. The molecule has 0 heterocycles. The van der Waals surface area contributed by atoms with Crippen molar-refractivity contribution < 1.29 is 9.53 Å². The zero-order valence-corrected chi connectivity index (χ0v) is 12.8. The summed E-state index contributed by atoms with van der Waals surface area (Å²) in [5.41, 5.74) is 3.99. The van der Waals surface area contributed by atoms with Gasteiger partial charge in [0.15, 0.2) is 0 Å². The quantitative estimate of drug-likeness (QED) is 0.378. The second-order valence-electron chi connectivity index (χ2n) is 4.33. The Balaban J connectivity index is 1.99. The van der Waals surface area contributed by atoms with E-state index in [1.807, 2.05) is 54.0 Å². The van der Waals surface area contributed by atoms with Crippen LogP contribution in [0.25, 0.3) is 6.08 Å². The van der Waals surface area contributed by atoms with E-state index in [-0.39, 0.29) is 5.91 Å². The highest BCUT2D eigenvalue weighted by atomic mass is 79.9. The van der Waals surface area contributed by atoms with Crippen molar-refractivity contribution in [1.82, 2.24) is 5.43 Å². The molecule has 2 rings (SSSR count). The van der Waals surface area contributed by atoms with Crippen LogP contribution < -0.4 is 16.0 Å². The molecule has 0 atom stereocenters. The van der Waals surface area contributed by atoms with Crippen LogP contribution in [0.5, 0.6) is 5.75 Å². The number of halogens is 1. The Kier molecular flexibility index (Phi) is 5.54. The first-order valence-corrected chi connectivity index (χ1v) is 7.12. The highest BCUT2D eigenvalue weighted by molar-refractivity contribution is 9.10. The lowest BCUT2D eigenvalue weighted by molar-refractivity contribution is -0.116. The van der Waals surface area contributed by atoms with Crippen molar-refractivity contribution in [3.05, 3.63) is 70.2 Å². The van der Waals surface area contributed by atoms with Crippen LogP contribution in [0, 0.1) is 0 Å². The van der Waals surface area contributed by atoms with Crippen molar-refractivity contribution >= 4 is 27.9 Å². The van der Waals surface area contributed by atoms with Gasteiger partial charge in [-0.1, -0.05) is 40.2 Å². The summed E-state index contributed by atoms with van der Waals surface area (Å²) >= 11 is 3.40. The second kappa shape index (κ2) is 7.61. The number of amides is 1. The van der Waals surface area contributed by atoms with E-state index in [0.717, 1.165) is 21.3 Å². The SMILES string of the molecule is NNC(=O)C=Cc1cccc(OCc2ccc(Br)cc2)c1. The van der Waals surface area contributed by atoms with E-state index in [1.54, 1.807) is 6.08 Å². The molecule has 0 saturated carbocycles. The molecule has 2 aromatic carbocycles. The summed E-state index contributed by atoms with van der Waals surface area (Å²) in [7, 11) is 0.